The summed E-state index contributed by atoms with van der Waals surface area (Å²) >= 11 is 0. The molecule has 5 N–H and O–H groups in total. The summed E-state index contributed by atoms with van der Waals surface area (Å²) in [5.41, 5.74) is 10.4. The number of nitrogens with zero attached hydrogens (tertiary/aromatic N) is 2. The van der Waals surface area contributed by atoms with Gasteiger partial charge in [-0.05, 0) is 48.1 Å². The van der Waals surface area contributed by atoms with Crippen molar-refractivity contribution in [3.8, 4) is 5.75 Å². The third-order valence-electron chi connectivity index (χ3n) is 8.38. The molecule has 2 aromatic rings. The van der Waals surface area contributed by atoms with E-state index < -0.39 is 6.17 Å². The van der Waals surface area contributed by atoms with Crippen molar-refractivity contribution in [2.75, 3.05) is 53.1 Å². The number of hydrazine groups is 1. The average Bonchev–Trinajstić information content (AvgIpc) is 3.72. The SMILES string of the molecule is CCc1cc(O)ccc1C1CCC2C(c3ncc(C4=CCN(C(=O)COCCNCCOC)C4)[nH]3)NNC2C1F. The van der Waals surface area contributed by atoms with Crippen LogP contribution < -0.4 is 16.2 Å². The number of amides is 1. The van der Waals surface area contributed by atoms with Gasteiger partial charge in [-0.25, -0.2) is 14.8 Å². The molecule has 1 saturated heterocycles. The fourth-order valence-electron chi connectivity index (χ4n) is 6.20. The van der Waals surface area contributed by atoms with Crippen LogP contribution in [0.4, 0.5) is 4.39 Å². The van der Waals surface area contributed by atoms with Gasteiger partial charge in [0, 0.05) is 45.1 Å². The Morgan fingerprint density at radius 3 is 2.92 bits per heavy atom. The molecule has 5 rings (SSSR count). The van der Waals surface area contributed by atoms with Gasteiger partial charge in [0.25, 0.3) is 0 Å². The second kappa shape index (κ2) is 13.2. The first-order chi connectivity index (χ1) is 19.5. The normalized spacial score (nSPS) is 26.2. The molecule has 0 spiro atoms. The number of ether oxygens (including phenoxy) is 2. The number of rotatable bonds is 12. The number of halogens is 1. The third kappa shape index (κ3) is 6.23. The highest BCUT2D eigenvalue weighted by Gasteiger charge is 2.48. The number of aryl methyl sites for hydroxylation is 1. The van der Waals surface area contributed by atoms with E-state index in [0.717, 1.165) is 54.0 Å². The lowest BCUT2D eigenvalue weighted by Gasteiger charge is -2.36. The lowest BCUT2D eigenvalue weighted by molar-refractivity contribution is -0.134. The van der Waals surface area contributed by atoms with Gasteiger partial charge in [0.05, 0.1) is 37.2 Å². The Hall–Kier alpha value is -2.83. The Labute approximate surface area is 234 Å². The van der Waals surface area contributed by atoms with Crippen molar-refractivity contribution in [2.45, 2.75) is 50.4 Å². The van der Waals surface area contributed by atoms with Crippen molar-refractivity contribution >= 4 is 11.5 Å². The molecular weight excluding hydrogens is 515 g/mol. The summed E-state index contributed by atoms with van der Waals surface area (Å²) in [6.07, 6.45) is 5.13. The molecule has 218 valence electrons. The van der Waals surface area contributed by atoms with Crippen molar-refractivity contribution in [1.82, 2.24) is 31.0 Å². The number of hydrogen-bond donors (Lipinski definition) is 5. The minimum atomic E-state index is -1.05. The van der Waals surface area contributed by atoms with E-state index in [1.165, 1.54) is 0 Å². The molecule has 5 atom stereocenters. The Morgan fingerprint density at radius 2 is 2.10 bits per heavy atom. The number of carbonyl (C=O) groups excluding carboxylic acids is 1. The molecule has 0 bridgehead atoms. The van der Waals surface area contributed by atoms with E-state index >= 15 is 4.39 Å². The standard InChI is InChI=1S/C29H41FN6O4/c1-3-18-14-20(37)4-5-21(18)22-6-7-23-27(26(22)30)34-35-28(23)29-32-15-24(33-29)19-8-11-36(16-19)25(38)17-40-13-10-31-9-12-39-2/h4-5,8,14-15,22-23,26-28,31,34-35,37H,3,6-7,9-13,16-17H2,1-2H3,(H,32,33). The molecule has 1 saturated carbocycles. The van der Waals surface area contributed by atoms with E-state index in [1.54, 1.807) is 30.3 Å². The number of aromatic amines is 1. The molecule has 10 nitrogen and oxygen atoms in total. The Kier molecular flexibility index (Phi) is 9.48. The molecule has 1 aromatic carbocycles. The number of alkyl halides is 1. The van der Waals surface area contributed by atoms with Gasteiger partial charge >= 0.3 is 0 Å². The van der Waals surface area contributed by atoms with Gasteiger partial charge in [0.2, 0.25) is 5.91 Å². The van der Waals surface area contributed by atoms with E-state index in [1.807, 2.05) is 19.1 Å². The summed E-state index contributed by atoms with van der Waals surface area (Å²) in [5.74, 6) is 0.802. The van der Waals surface area contributed by atoms with Crippen molar-refractivity contribution in [3.05, 3.63) is 53.1 Å². The molecule has 5 unspecified atom stereocenters. The zero-order valence-electron chi connectivity index (χ0n) is 23.3. The van der Waals surface area contributed by atoms with Crippen LogP contribution in [0.25, 0.3) is 5.57 Å². The summed E-state index contributed by atoms with van der Waals surface area (Å²) in [6, 6.07) is 4.83. The van der Waals surface area contributed by atoms with E-state index in [-0.39, 0.29) is 42.2 Å². The molecule has 3 aliphatic rings. The minimum Gasteiger partial charge on any atom is -0.508 e. The van der Waals surface area contributed by atoms with Gasteiger partial charge in [-0.2, -0.15) is 0 Å². The first kappa shape index (κ1) is 28.7. The van der Waals surface area contributed by atoms with E-state index in [0.29, 0.717) is 32.8 Å². The summed E-state index contributed by atoms with van der Waals surface area (Å²) in [6.45, 7) is 5.65. The highest BCUT2D eigenvalue weighted by molar-refractivity contribution is 5.82. The van der Waals surface area contributed by atoms with E-state index in [4.69, 9.17) is 9.47 Å². The van der Waals surface area contributed by atoms with Crippen LogP contribution in [0.1, 0.15) is 54.4 Å². The molecular formula is C29H41FN6O4. The number of aromatic nitrogens is 2. The second-order valence-electron chi connectivity index (χ2n) is 10.8. The molecule has 1 amide bonds. The van der Waals surface area contributed by atoms with Crippen molar-refractivity contribution in [1.29, 1.82) is 0 Å². The Bertz CT molecular complexity index is 1190. The number of phenols is 1. The first-order valence-electron chi connectivity index (χ1n) is 14.3. The Balaban J connectivity index is 1.13. The van der Waals surface area contributed by atoms with Crippen LogP contribution in [-0.2, 0) is 20.7 Å². The predicted molar refractivity (Wildman–Crippen MR) is 149 cm³/mol. The fraction of sp³-hybridized carbons (Fsp3) is 0.586. The van der Waals surface area contributed by atoms with Gasteiger partial charge in [-0.15, -0.1) is 0 Å². The highest BCUT2D eigenvalue weighted by Crippen LogP contribution is 2.45. The Morgan fingerprint density at radius 1 is 1.25 bits per heavy atom. The van der Waals surface area contributed by atoms with Crippen LogP contribution in [0.2, 0.25) is 0 Å². The average molecular weight is 557 g/mol. The smallest absolute Gasteiger partial charge is 0.249 e. The zero-order chi connectivity index (χ0) is 28.1. The van der Waals surface area contributed by atoms with Crippen molar-refractivity contribution in [2.24, 2.45) is 5.92 Å². The quantitative estimate of drug-likeness (QED) is 0.252. The summed E-state index contributed by atoms with van der Waals surface area (Å²) in [4.78, 5) is 22.4. The molecule has 1 aliphatic carbocycles. The van der Waals surface area contributed by atoms with E-state index in [9.17, 15) is 9.90 Å². The number of aromatic hydroxyl groups is 1. The van der Waals surface area contributed by atoms with Gasteiger partial charge in [-0.3, -0.25) is 10.2 Å². The highest BCUT2D eigenvalue weighted by atomic mass is 19.1. The number of methoxy groups -OCH3 is 1. The number of phenolic OH excluding ortho intramolecular Hbond substituents is 1. The number of hydrogen-bond acceptors (Lipinski definition) is 8. The van der Waals surface area contributed by atoms with Crippen LogP contribution in [-0.4, -0.2) is 91.2 Å². The fourth-order valence-corrected chi connectivity index (χ4v) is 6.20. The van der Waals surface area contributed by atoms with Crippen molar-refractivity contribution < 1.29 is 23.8 Å². The monoisotopic (exact) mass is 556 g/mol. The molecule has 3 heterocycles. The molecule has 2 fully saturated rings. The van der Waals surface area contributed by atoms with Crippen LogP contribution >= 0.6 is 0 Å². The molecule has 0 radical (unpaired) electrons. The largest absolute Gasteiger partial charge is 0.508 e. The number of H-pyrrole nitrogens is 1. The summed E-state index contributed by atoms with van der Waals surface area (Å²) < 4.78 is 26.4. The lowest BCUT2D eigenvalue weighted by Crippen LogP contribution is -2.45. The number of fused-ring (bicyclic) bond motifs is 1. The molecule has 40 heavy (non-hydrogen) atoms. The van der Waals surface area contributed by atoms with Crippen molar-refractivity contribution in [3.63, 3.8) is 0 Å². The number of benzene rings is 1. The topological polar surface area (TPSA) is 124 Å². The van der Waals surface area contributed by atoms with Gasteiger partial charge in [0.15, 0.2) is 0 Å². The summed E-state index contributed by atoms with van der Waals surface area (Å²) in [5, 5.41) is 13.1. The number of imidazole rings is 1. The second-order valence-corrected chi connectivity index (χ2v) is 10.8. The molecule has 11 heteroatoms. The van der Waals surface area contributed by atoms with Crippen LogP contribution in [0.5, 0.6) is 5.75 Å². The maximum absolute atomic E-state index is 15.9. The van der Waals surface area contributed by atoms with Gasteiger partial charge in [-0.1, -0.05) is 19.1 Å². The molecule has 2 aliphatic heterocycles. The minimum absolute atomic E-state index is 0.0435. The zero-order valence-corrected chi connectivity index (χ0v) is 23.3. The maximum Gasteiger partial charge on any atom is 0.249 e. The van der Waals surface area contributed by atoms with E-state index in [2.05, 4.69) is 26.1 Å². The van der Waals surface area contributed by atoms with Gasteiger partial charge in [0.1, 0.15) is 24.4 Å². The van der Waals surface area contributed by atoms with Crippen LogP contribution in [0.3, 0.4) is 0 Å². The molecule has 1 aromatic heterocycles. The predicted octanol–water partition coefficient (Wildman–Crippen LogP) is 2.21. The number of nitrogens with one attached hydrogen (secondary N) is 4. The summed E-state index contributed by atoms with van der Waals surface area (Å²) in [7, 11) is 1.66. The lowest BCUT2D eigenvalue weighted by atomic mass is 9.71. The first-order valence-corrected chi connectivity index (χ1v) is 14.3. The maximum atomic E-state index is 15.9. The van der Waals surface area contributed by atoms with Crippen LogP contribution in [0, 0.1) is 5.92 Å². The number of carbonyl (C=O) groups is 1. The third-order valence-corrected chi connectivity index (χ3v) is 8.38. The van der Waals surface area contributed by atoms with Gasteiger partial charge < -0.3 is 29.8 Å². The van der Waals surface area contributed by atoms with Crippen LogP contribution in [0.15, 0.2) is 30.5 Å².